The van der Waals surface area contributed by atoms with E-state index in [1.807, 2.05) is 6.07 Å². The van der Waals surface area contributed by atoms with Crippen LogP contribution in [-0.2, 0) is 11.3 Å². The minimum Gasteiger partial charge on any atom is -0.355 e. The standard InChI is InChI=1S/C12H17FN2O/c1-9-3-4-11(7-12(9)13)8-14-5-6-15-10(2)16/h3-4,7,14H,5-6,8H2,1-2H3,(H,15,16). The molecule has 88 valence electrons. The molecule has 0 fully saturated rings. The zero-order valence-electron chi connectivity index (χ0n) is 9.64. The molecule has 0 saturated carbocycles. The molecule has 0 heterocycles. The first kappa shape index (κ1) is 12.6. The normalized spacial score (nSPS) is 10.2. The van der Waals surface area contributed by atoms with Crippen LogP contribution in [0, 0.1) is 12.7 Å². The van der Waals surface area contributed by atoms with Crippen LogP contribution >= 0.6 is 0 Å². The molecule has 0 spiro atoms. The molecule has 0 aliphatic heterocycles. The summed E-state index contributed by atoms with van der Waals surface area (Å²) in [5.74, 6) is -0.218. The van der Waals surface area contributed by atoms with Crippen LogP contribution in [0.15, 0.2) is 18.2 Å². The van der Waals surface area contributed by atoms with Crippen molar-refractivity contribution in [3.63, 3.8) is 0 Å². The second-order valence-corrected chi connectivity index (χ2v) is 3.74. The monoisotopic (exact) mass is 224 g/mol. The number of nitrogens with one attached hydrogen (secondary N) is 2. The van der Waals surface area contributed by atoms with Crippen LogP contribution < -0.4 is 10.6 Å². The summed E-state index contributed by atoms with van der Waals surface area (Å²) in [4.78, 5) is 10.6. The fourth-order valence-corrected chi connectivity index (χ4v) is 1.31. The first-order chi connectivity index (χ1) is 7.59. The maximum Gasteiger partial charge on any atom is 0.216 e. The van der Waals surface area contributed by atoms with Crippen molar-refractivity contribution in [1.29, 1.82) is 0 Å². The van der Waals surface area contributed by atoms with E-state index in [1.54, 1.807) is 13.0 Å². The van der Waals surface area contributed by atoms with Crippen molar-refractivity contribution in [2.24, 2.45) is 0 Å². The Kier molecular flexibility index (Phi) is 4.92. The highest BCUT2D eigenvalue weighted by molar-refractivity contribution is 5.72. The lowest BCUT2D eigenvalue weighted by atomic mass is 10.1. The number of rotatable bonds is 5. The molecule has 0 atom stereocenters. The number of hydrogen-bond donors (Lipinski definition) is 2. The van der Waals surface area contributed by atoms with Crippen molar-refractivity contribution < 1.29 is 9.18 Å². The van der Waals surface area contributed by atoms with Gasteiger partial charge in [0.25, 0.3) is 0 Å². The predicted octanol–water partition coefficient (Wildman–Crippen LogP) is 1.36. The van der Waals surface area contributed by atoms with Crippen LogP contribution in [-0.4, -0.2) is 19.0 Å². The number of amides is 1. The molecule has 0 aliphatic carbocycles. The maximum absolute atomic E-state index is 13.2. The van der Waals surface area contributed by atoms with Gasteiger partial charge >= 0.3 is 0 Å². The van der Waals surface area contributed by atoms with Crippen molar-refractivity contribution >= 4 is 5.91 Å². The molecule has 3 nitrogen and oxygen atoms in total. The largest absolute Gasteiger partial charge is 0.355 e. The molecule has 1 amide bonds. The molecular formula is C12H17FN2O. The minimum atomic E-state index is -0.179. The summed E-state index contributed by atoms with van der Waals surface area (Å²) in [6.45, 7) is 5.09. The molecule has 4 heteroatoms. The summed E-state index contributed by atoms with van der Waals surface area (Å²) in [5.41, 5.74) is 1.56. The first-order valence-electron chi connectivity index (χ1n) is 5.30. The SMILES string of the molecule is CC(=O)NCCNCc1ccc(C)c(F)c1. The number of halogens is 1. The van der Waals surface area contributed by atoms with Crippen LogP contribution in [0.1, 0.15) is 18.1 Å². The molecule has 1 aromatic carbocycles. The maximum atomic E-state index is 13.2. The summed E-state index contributed by atoms with van der Waals surface area (Å²) in [6, 6.07) is 5.19. The molecule has 0 bridgehead atoms. The third kappa shape index (κ3) is 4.40. The summed E-state index contributed by atoms with van der Waals surface area (Å²) in [5, 5.41) is 5.80. The van der Waals surface area contributed by atoms with E-state index < -0.39 is 0 Å². The Morgan fingerprint density at radius 1 is 1.38 bits per heavy atom. The third-order valence-corrected chi connectivity index (χ3v) is 2.24. The highest BCUT2D eigenvalue weighted by Crippen LogP contribution is 2.08. The molecular weight excluding hydrogens is 207 g/mol. The van der Waals surface area contributed by atoms with Crippen molar-refractivity contribution in [2.45, 2.75) is 20.4 Å². The highest BCUT2D eigenvalue weighted by Gasteiger charge is 1.98. The van der Waals surface area contributed by atoms with Crippen LogP contribution in [0.25, 0.3) is 0 Å². The van der Waals surface area contributed by atoms with E-state index in [0.717, 1.165) is 5.56 Å². The number of hydrogen-bond acceptors (Lipinski definition) is 2. The van der Waals surface area contributed by atoms with Crippen LogP contribution in [0.2, 0.25) is 0 Å². The Hall–Kier alpha value is -1.42. The van der Waals surface area contributed by atoms with Gasteiger partial charge in [-0.25, -0.2) is 4.39 Å². The second-order valence-electron chi connectivity index (χ2n) is 3.74. The third-order valence-electron chi connectivity index (χ3n) is 2.24. The van der Waals surface area contributed by atoms with Gasteiger partial charge in [0.2, 0.25) is 5.91 Å². The van der Waals surface area contributed by atoms with Crippen LogP contribution in [0.4, 0.5) is 4.39 Å². The topological polar surface area (TPSA) is 41.1 Å². The van der Waals surface area contributed by atoms with Gasteiger partial charge in [0.1, 0.15) is 5.82 Å². The van der Waals surface area contributed by atoms with E-state index in [9.17, 15) is 9.18 Å². The van der Waals surface area contributed by atoms with E-state index in [-0.39, 0.29) is 11.7 Å². The molecule has 1 aromatic rings. The molecule has 1 rings (SSSR count). The minimum absolute atomic E-state index is 0.0387. The molecule has 0 unspecified atom stereocenters. The molecule has 2 N–H and O–H groups in total. The van der Waals surface area contributed by atoms with Crippen LogP contribution in [0.3, 0.4) is 0 Å². The Morgan fingerprint density at radius 3 is 2.75 bits per heavy atom. The van der Waals surface area contributed by atoms with Gasteiger partial charge in [0.05, 0.1) is 0 Å². The van der Waals surface area contributed by atoms with E-state index in [4.69, 9.17) is 0 Å². The zero-order chi connectivity index (χ0) is 12.0. The fraction of sp³-hybridized carbons (Fsp3) is 0.417. The summed E-state index contributed by atoms with van der Waals surface area (Å²) < 4.78 is 13.2. The van der Waals surface area contributed by atoms with Gasteiger partial charge < -0.3 is 10.6 Å². The Morgan fingerprint density at radius 2 is 2.12 bits per heavy atom. The molecule has 16 heavy (non-hydrogen) atoms. The average Bonchev–Trinajstić information content (AvgIpc) is 2.22. The van der Waals surface area contributed by atoms with Gasteiger partial charge in [-0.1, -0.05) is 12.1 Å². The number of aryl methyl sites for hydroxylation is 1. The van der Waals surface area contributed by atoms with E-state index in [2.05, 4.69) is 10.6 Å². The molecule has 0 radical (unpaired) electrons. The molecule has 0 aromatic heterocycles. The number of carbonyl (C=O) groups is 1. The van der Waals surface area contributed by atoms with Crippen molar-refractivity contribution in [1.82, 2.24) is 10.6 Å². The summed E-state index contributed by atoms with van der Waals surface area (Å²) >= 11 is 0. The Bertz CT molecular complexity index is 366. The molecule has 0 aliphatic rings. The Labute approximate surface area is 95.0 Å². The van der Waals surface area contributed by atoms with Gasteiger partial charge in [-0.15, -0.1) is 0 Å². The van der Waals surface area contributed by atoms with E-state index in [0.29, 0.717) is 25.2 Å². The number of carbonyl (C=O) groups excluding carboxylic acids is 1. The molecule has 0 saturated heterocycles. The smallest absolute Gasteiger partial charge is 0.216 e. The predicted molar refractivity (Wildman–Crippen MR) is 61.5 cm³/mol. The lowest BCUT2D eigenvalue weighted by molar-refractivity contribution is -0.118. The summed E-state index contributed by atoms with van der Waals surface area (Å²) in [7, 11) is 0. The van der Waals surface area contributed by atoms with Gasteiger partial charge in [-0.2, -0.15) is 0 Å². The van der Waals surface area contributed by atoms with E-state index >= 15 is 0 Å². The fourth-order valence-electron chi connectivity index (χ4n) is 1.31. The Balaban J connectivity index is 2.27. The van der Waals surface area contributed by atoms with Crippen molar-refractivity contribution in [3.05, 3.63) is 35.1 Å². The number of benzene rings is 1. The zero-order valence-corrected chi connectivity index (χ0v) is 9.64. The van der Waals surface area contributed by atoms with Crippen LogP contribution in [0.5, 0.6) is 0 Å². The second kappa shape index (κ2) is 6.23. The first-order valence-corrected chi connectivity index (χ1v) is 5.30. The summed E-state index contributed by atoms with van der Waals surface area (Å²) in [6.07, 6.45) is 0. The highest BCUT2D eigenvalue weighted by atomic mass is 19.1. The lowest BCUT2D eigenvalue weighted by Gasteiger charge is -2.06. The van der Waals surface area contributed by atoms with Gasteiger partial charge in [-0.05, 0) is 24.1 Å². The van der Waals surface area contributed by atoms with Gasteiger partial charge in [-0.3, -0.25) is 4.79 Å². The quantitative estimate of drug-likeness (QED) is 0.741. The van der Waals surface area contributed by atoms with Crippen molar-refractivity contribution in [2.75, 3.05) is 13.1 Å². The lowest BCUT2D eigenvalue weighted by Crippen LogP contribution is -2.29. The van der Waals surface area contributed by atoms with Crippen molar-refractivity contribution in [3.8, 4) is 0 Å². The van der Waals surface area contributed by atoms with Gasteiger partial charge in [0.15, 0.2) is 0 Å². The average molecular weight is 224 g/mol. The van der Waals surface area contributed by atoms with E-state index in [1.165, 1.54) is 13.0 Å². The van der Waals surface area contributed by atoms with Gasteiger partial charge in [0, 0.05) is 26.6 Å².